The molecule has 0 amide bonds. The van der Waals surface area contributed by atoms with Gasteiger partial charge in [-0.2, -0.15) is 0 Å². The van der Waals surface area contributed by atoms with E-state index >= 15 is 0 Å². The summed E-state index contributed by atoms with van der Waals surface area (Å²) in [6.07, 6.45) is 6.79. The molecule has 1 heteroatoms. The topological polar surface area (TPSA) is 12.0 Å². The number of benzene rings is 1. The summed E-state index contributed by atoms with van der Waals surface area (Å²) in [5, 5.41) is 3.70. The minimum absolute atomic E-state index is 0.649. The Morgan fingerprint density at radius 2 is 1.89 bits per heavy atom. The van der Waals surface area contributed by atoms with Gasteiger partial charge in [0.1, 0.15) is 0 Å². The van der Waals surface area contributed by atoms with Gasteiger partial charge in [-0.05, 0) is 50.1 Å². The van der Waals surface area contributed by atoms with Crippen molar-refractivity contribution in [2.45, 2.75) is 57.9 Å². The van der Waals surface area contributed by atoms with Crippen LogP contribution in [-0.4, -0.2) is 12.6 Å². The van der Waals surface area contributed by atoms with Crippen molar-refractivity contribution in [3.8, 4) is 0 Å². The number of nitrogens with one attached hydrogen (secondary N) is 1. The Morgan fingerprint density at radius 1 is 1.17 bits per heavy atom. The van der Waals surface area contributed by atoms with Gasteiger partial charge in [0, 0.05) is 6.04 Å². The first-order valence-corrected chi connectivity index (χ1v) is 7.61. The predicted molar refractivity (Wildman–Crippen MR) is 78.9 cm³/mol. The lowest BCUT2D eigenvalue weighted by Gasteiger charge is -2.36. The van der Waals surface area contributed by atoms with Gasteiger partial charge in [0.2, 0.25) is 0 Å². The molecule has 2 rings (SSSR count). The summed E-state index contributed by atoms with van der Waals surface area (Å²) in [5.41, 5.74) is 1.55. The van der Waals surface area contributed by atoms with Crippen LogP contribution in [0.15, 0.2) is 30.3 Å². The first kappa shape index (κ1) is 13.6. The van der Waals surface area contributed by atoms with Gasteiger partial charge < -0.3 is 5.32 Å². The molecule has 0 heterocycles. The van der Waals surface area contributed by atoms with E-state index in [9.17, 15) is 0 Å². The van der Waals surface area contributed by atoms with Crippen LogP contribution in [0.5, 0.6) is 0 Å². The molecule has 0 spiro atoms. The first-order valence-electron chi connectivity index (χ1n) is 7.61. The van der Waals surface area contributed by atoms with Crippen molar-refractivity contribution in [2.24, 2.45) is 5.92 Å². The molecule has 0 bridgehead atoms. The Bertz CT molecular complexity index is 333. The smallest absolute Gasteiger partial charge is 0.00728 e. The van der Waals surface area contributed by atoms with Crippen LogP contribution in [0.3, 0.4) is 0 Å². The van der Waals surface area contributed by atoms with Crippen LogP contribution in [0.4, 0.5) is 0 Å². The van der Waals surface area contributed by atoms with Crippen LogP contribution in [-0.2, 0) is 0 Å². The van der Waals surface area contributed by atoms with Gasteiger partial charge in [-0.25, -0.2) is 0 Å². The quantitative estimate of drug-likeness (QED) is 0.813. The van der Waals surface area contributed by atoms with E-state index in [4.69, 9.17) is 0 Å². The van der Waals surface area contributed by atoms with Crippen LogP contribution in [0.1, 0.15) is 57.4 Å². The standard InChI is InChI=1S/C17H27N/c1-3-13-18-14(2)16-11-7-8-12-17(16)15-9-5-4-6-10-15/h4-6,9-10,14,16-18H,3,7-8,11-13H2,1-2H3. The fraction of sp³-hybridized carbons (Fsp3) is 0.647. The molecule has 3 atom stereocenters. The summed E-state index contributed by atoms with van der Waals surface area (Å²) >= 11 is 0. The van der Waals surface area contributed by atoms with Gasteiger partial charge in [0.05, 0.1) is 0 Å². The minimum Gasteiger partial charge on any atom is -0.314 e. The maximum atomic E-state index is 3.70. The summed E-state index contributed by atoms with van der Waals surface area (Å²) < 4.78 is 0. The van der Waals surface area contributed by atoms with Crippen molar-refractivity contribution >= 4 is 0 Å². The molecule has 0 radical (unpaired) electrons. The molecule has 1 aromatic rings. The molecular weight excluding hydrogens is 218 g/mol. The van der Waals surface area contributed by atoms with Crippen molar-refractivity contribution in [2.75, 3.05) is 6.54 Å². The fourth-order valence-corrected chi connectivity index (χ4v) is 3.40. The Labute approximate surface area is 112 Å². The number of hydrogen-bond donors (Lipinski definition) is 1. The van der Waals surface area contributed by atoms with Crippen LogP contribution in [0.2, 0.25) is 0 Å². The van der Waals surface area contributed by atoms with Gasteiger partial charge in [-0.15, -0.1) is 0 Å². The average Bonchev–Trinajstić information content (AvgIpc) is 2.45. The van der Waals surface area contributed by atoms with Crippen LogP contribution in [0.25, 0.3) is 0 Å². The van der Waals surface area contributed by atoms with E-state index < -0.39 is 0 Å². The monoisotopic (exact) mass is 245 g/mol. The molecule has 1 fully saturated rings. The first-order chi connectivity index (χ1) is 8.83. The largest absolute Gasteiger partial charge is 0.314 e. The van der Waals surface area contributed by atoms with Crippen LogP contribution >= 0.6 is 0 Å². The van der Waals surface area contributed by atoms with E-state index in [0.29, 0.717) is 6.04 Å². The SMILES string of the molecule is CCCNC(C)C1CCCCC1c1ccccc1. The molecule has 1 nitrogen and oxygen atoms in total. The second-order valence-electron chi connectivity index (χ2n) is 5.71. The van der Waals surface area contributed by atoms with Crippen LogP contribution < -0.4 is 5.32 Å². The van der Waals surface area contributed by atoms with E-state index in [0.717, 1.165) is 18.4 Å². The lowest BCUT2D eigenvalue weighted by atomic mass is 9.72. The molecule has 1 aliphatic rings. The highest BCUT2D eigenvalue weighted by atomic mass is 14.9. The molecular formula is C17H27N. The van der Waals surface area contributed by atoms with Gasteiger partial charge in [0.25, 0.3) is 0 Å². The van der Waals surface area contributed by atoms with Gasteiger partial charge in [0.15, 0.2) is 0 Å². The molecule has 0 aliphatic heterocycles. The highest BCUT2D eigenvalue weighted by molar-refractivity contribution is 5.21. The van der Waals surface area contributed by atoms with E-state index in [1.54, 1.807) is 5.56 Å². The molecule has 0 saturated heterocycles. The lowest BCUT2D eigenvalue weighted by Crippen LogP contribution is -2.38. The van der Waals surface area contributed by atoms with Crippen molar-refractivity contribution in [1.29, 1.82) is 0 Å². The van der Waals surface area contributed by atoms with Crippen molar-refractivity contribution in [3.63, 3.8) is 0 Å². The summed E-state index contributed by atoms with van der Waals surface area (Å²) in [5.74, 6) is 1.58. The third-order valence-electron chi connectivity index (χ3n) is 4.41. The summed E-state index contributed by atoms with van der Waals surface area (Å²) in [7, 11) is 0. The Kier molecular flexibility index (Phi) is 5.25. The predicted octanol–water partition coefficient (Wildman–Crippen LogP) is 4.35. The van der Waals surface area contributed by atoms with Crippen LogP contribution in [0, 0.1) is 5.92 Å². The third-order valence-corrected chi connectivity index (χ3v) is 4.41. The highest BCUT2D eigenvalue weighted by Gasteiger charge is 2.29. The molecule has 18 heavy (non-hydrogen) atoms. The Morgan fingerprint density at radius 3 is 2.61 bits per heavy atom. The highest BCUT2D eigenvalue weighted by Crippen LogP contribution is 2.39. The second kappa shape index (κ2) is 6.94. The molecule has 1 N–H and O–H groups in total. The third kappa shape index (κ3) is 3.35. The van der Waals surface area contributed by atoms with Crippen molar-refractivity contribution in [3.05, 3.63) is 35.9 Å². The van der Waals surface area contributed by atoms with Crippen molar-refractivity contribution in [1.82, 2.24) is 5.32 Å². The fourth-order valence-electron chi connectivity index (χ4n) is 3.40. The number of rotatable bonds is 5. The summed E-state index contributed by atoms with van der Waals surface area (Å²) in [6, 6.07) is 11.8. The van der Waals surface area contributed by atoms with Gasteiger partial charge in [-0.1, -0.05) is 50.1 Å². The summed E-state index contributed by atoms with van der Waals surface area (Å²) in [4.78, 5) is 0. The van der Waals surface area contributed by atoms with E-state index in [2.05, 4.69) is 49.5 Å². The molecule has 1 aliphatic carbocycles. The average molecular weight is 245 g/mol. The molecule has 1 aromatic carbocycles. The van der Waals surface area contributed by atoms with Gasteiger partial charge in [-0.3, -0.25) is 0 Å². The molecule has 3 unspecified atom stereocenters. The lowest BCUT2D eigenvalue weighted by molar-refractivity contribution is 0.244. The Balaban J connectivity index is 2.06. The van der Waals surface area contributed by atoms with E-state index in [1.807, 2.05) is 0 Å². The zero-order valence-corrected chi connectivity index (χ0v) is 11.9. The molecule has 0 aromatic heterocycles. The molecule has 100 valence electrons. The Hall–Kier alpha value is -0.820. The van der Waals surface area contributed by atoms with Gasteiger partial charge >= 0.3 is 0 Å². The summed E-state index contributed by atoms with van der Waals surface area (Å²) in [6.45, 7) is 5.77. The minimum atomic E-state index is 0.649. The zero-order valence-electron chi connectivity index (χ0n) is 11.9. The second-order valence-corrected chi connectivity index (χ2v) is 5.71. The molecule has 1 saturated carbocycles. The zero-order chi connectivity index (χ0) is 12.8. The maximum absolute atomic E-state index is 3.70. The van der Waals surface area contributed by atoms with Crippen molar-refractivity contribution < 1.29 is 0 Å². The normalized spacial score (nSPS) is 25.9. The maximum Gasteiger partial charge on any atom is 0.00728 e. The van der Waals surface area contributed by atoms with E-state index in [-0.39, 0.29) is 0 Å². The van der Waals surface area contributed by atoms with E-state index in [1.165, 1.54) is 32.1 Å². The number of hydrogen-bond acceptors (Lipinski definition) is 1.